The predicted molar refractivity (Wildman–Crippen MR) is 67.1 cm³/mol. The van der Waals surface area contributed by atoms with Crippen molar-refractivity contribution < 1.29 is 13.9 Å². The van der Waals surface area contributed by atoms with Crippen LogP contribution in [-0.2, 0) is 0 Å². The lowest BCUT2D eigenvalue weighted by molar-refractivity contribution is 0.146. The quantitative estimate of drug-likeness (QED) is 0.917. The van der Waals surface area contributed by atoms with Crippen molar-refractivity contribution in [2.45, 2.75) is 19.4 Å². The second-order valence-electron chi connectivity index (χ2n) is 3.75. The average Bonchev–Trinajstić information content (AvgIpc) is 2.77. The molecule has 0 spiro atoms. The molecule has 2 nitrogen and oxygen atoms in total. The molecule has 2 rings (SSSR count). The number of halogens is 2. The molecule has 0 fully saturated rings. The SMILES string of the molecule is CCC(O)c1ccc(-c2ccc(Br)cc2F)o1. The maximum absolute atomic E-state index is 13.7. The number of aliphatic hydroxyl groups is 1. The van der Waals surface area contributed by atoms with E-state index in [0.29, 0.717) is 28.0 Å². The molecular formula is C13H12BrFO2. The summed E-state index contributed by atoms with van der Waals surface area (Å²) in [5.41, 5.74) is 0.391. The third-order valence-corrected chi connectivity index (χ3v) is 3.03. The van der Waals surface area contributed by atoms with Crippen LogP contribution in [0.25, 0.3) is 11.3 Å². The summed E-state index contributed by atoms with van der Waals surface area (Å²) in [4.78, 5) is 0. The molecule has 1 aromatic carbocycles. The van der Waals surface area contributed by atoms with Gasteiger partial charge in [-0.15, -0.1) is 0 Å². The Balaban J connectivity index is 2.37. The summed E-state index contributed by atoms with van der Waals surface area (Å²) in [6.07, 6.45) is -0.0715. The summed E-state index contributed by atoms with van der Waals surface area (Å²) in [5, 5.41) is 9.61. The zero-order valence-electron chi connectivity index (χ0n) is 9.28. The van der Waals surface area contributed by atoms with Crippen molar-refractivity contribution in [1.82, 2.24) is 0 Å². The van der Waals surface area contributed by atoms with Crippen molar-refractivity contribution in [3.05, 3.63) is 46.4 Å². The molecule has 0 saturated heterocycles. The van der Waals surface area contributed by atoms with E-state index in [-0.39, 0.29) is 5.82 Å². The van der Waals surface area contributed by atoms with Crippen molar-refractivity contribution in [3.8, 4) is 11.3 Å². The molecular weight excluding hydrogens is 287 g/mol. The van der Waals surface area contributed by atoms with E-state index >= 15 is 0 Å². The van der Waals surface area contributed by atoms with Gasteiger partial charge in [0.1, 0.15) is 23.4 Å². The maximum Gasteiger partial charge on any atom is 0.137 e. The van der Waals surface area contributed by atoms with E-state index in [1.807, 2.05) is 6.92 Å². The van der Waals surface area contributed by atoms with Crippen LogP contribution in [0.15, 0.2) is 39.2 Å². The third-order valence-electron chi connectivity index (χ3n) is 2.54. The molecule has 0 amide bonds. The summed E-state index contributed by atoms with van der Waals surface area (Å²) in [7, 11) is 0. The van der Waals surface area contributed by atoms with Crippen molar-refractivity contribution >= 4 is 15.9 Å². The van der Waals surface area contributed by atoms with Crippen LogP contribution >= 0.6 is 15.9 Å². The number of aliphatic hydroxyl groups excluding tert-OH is 1. The van der Waals surface area contributed by atoms with Crippen molar-refractivity contribution in [2.24, 2.45) is 0 Å². The molecule has 0 radical (unpaired) electrons. The van der Waals surface area contributed by atoms with Gasteiger partial charge in [0.05, 0.1) is 5.56 Å². The summed E-state index contributed by atoms with van der Waals surface area (Å²) < 4.78 is 19.8. The van der Waals surface area contributed by atoms with Gasteiger partial charge in [-0.3, -0.25) is 0 Å². The minimum Gasteiger partial charge on any atom is -0.458 e. The fraction of sp³-hybridized carbons (Fsp3) is 0.231. The van der Waals surface area contributed by atoms with Gasteiger partial charge in [0.25, 0.3) is 0 Å². The van der Waals surface area contributed by atoms with Gasteiger partial charge >= 0.3 is 0 Å². The van der Waals surface area contributed by atoms with E-state index in [4.69, 9.17) is 4.42 Å². The van der Waals surface area contributed by atoms with E-state index in [2.05, 4.69) is 15.9 Å². The molecule has 1 unspecified atom stereocenters. The van der Waals surface area contributed by atoms with Gasteiger partial charge in [-0.25, -0.2) is 4.39 Å². The summed E-state index contributed by atoms with van der Waals surface area (Å²) in [5.74, 6) is 0.536. The molecule has 0 bridgehead atoms. The lowest BCUT2D eigenvalue weighted by Gasteiger charge is -2.03. The number of benzene rings is 1. The van der Waals surface area contributed by atoms with E-state index in [1.54, 1.807) is 24.3 Å². The molecule has 90 valence electrons. The number of rotatable bonds is 3. The van der Waals surface area contributed by atoms with Crippen LogP contribution in [-0.4, -0.2) is 5.11 Å². The maximum atomic E-state index is 13.7. The second kappa shape index (κ2) is 5.02. The van der Waals surface area contributed by atoms with Crippen molar-refractivity contribution in [2.75, 3.05) is 0 Å². The van der Waals surface area contributed by atoms with E-state index in [0.717, 1.165) is 0 Å². The Morgan fingerprint density at radius 3 is 2.76 bits per heavy atom. The van der Waals surface area contributed by atoms with Crippen molar-refractivity contribution in [1.29, 1.82) is 0 Å². The van der Waals surface area contributed by atoms with Crippen LogP contribution in [0.2, 0.25) is 0 Å². The Hall–Kier alpha value is -1.13. The van der Waals surface area contributed by atoms with E-state index in [1.165, 1.54) is 6.07 Å². The normalized spacial score (nSPS) is 12.7. The van der Waals surface area contributed by atoms with Crippen LogP contribution in [0.1, 0.15) is 25.2 Å². The average molecular weight is 299 g/mol. The van der Waals surface area contributed by atoms with Crippen molar-refractivity contribution in [3.63, 3.8) is 0 Å². The molecule has 2 aromatic rings. The fourth-order valence-corrected chi connectivity index (χ4v) is 1.90. The summed E-state index contributed by atoms with van der Waals surface area (Å²) >= 11 is 3.20. The largest absolute Gasteiger partial charge is 0.458 e. The first-order valence-electron chi connectivity index (χ1n) is 5.35. The zero-order chi connectivity index (χ0) is 12.4. The minimum absolute atomic E-state index is 0.355. The fourth-order valence-electron chi connectivity index (χ4n) is 1.57. The van der Waals surface area contributed by atoms with Gasteiger partial charge in [0.2, 0.25) is 0 Å². The lowest BCUT2D eigenvalue weighted by Crippen LogP contribution is -1.91. The Morgan fingerprint density at radius 1 is 1.35 bits per heavy atom. The van der Waals surface area contributed by atoms with E-state index < -0.39 is 6.10 Å². The highest BCUT2D eigenvalue weighted by atomic mass is 79.9. The van der Waals surface area contributed by atoms with E-state index in [9.17, 15) is 9.50 Å². The first kappa shape index (κ1) is 12.3. The van der Waals surface area contributed by atoms with Crippen LogP contribution in [0.4, 0.5) is 4.39 Å². The van der Waals surface area contributed by atoms with Crippen LogP contribution < -0.4 is 0 Å². The molecule has 1 aromatic heterocycles. The number of hydrogen-bond acceptors (Lipinski definition) is 2. The third kappa shape index (κ3) is 2.58. The molecule has 1 N–H and O–H groups in total. The minimum atomic E-state index is -0.637. The summed E-state index contributed by atoms with van der Waals surface area (Å²) in [6, 6.07) is 8.11. The molecule has 17 heavy (non-hydrogen) atoms. The molecule has 0 aliphatic heterocycles. The topological polar surface area (TPSA) is 33.4 Å². The Morgan fingerprint density at radius 2 is 2.12 bits per heavy atom. The lowest BCUT2D eigenvalue weighted by atomic mass is 10.1. The Labute approximate surface area is 107 Å². The van der Waals surface area contributed by atoms with Crippen LogP contribution in [0.3, 0.4) is 0 Å². The van der Waals surface area contributed by atoms with Gasteiger partial charge in [0, 0.05) is 4.47 Å². The molecule has 4 heteroatoms. The molecule has 1 heterocycles. The monoisotopic (exact) mass is 298 g/mol. The smallest absolute Gasteiger partial charge is 0.137 e. The molecule has 0 aliphatic rings. The van der Waals surface area contributed by atoms with Gasteiger partial charge in [-0.05, 0) is 36.8 Å². The van der Waals surface area contributed by atoms with Crippen LogP contribution in [0.5, 0.6) is 0 Å². The van der Waals surface area contributed by atoms with Gasteiger partial charge < -0.3 is 9.52 Å². The first-order chi connectivity index (χ1) is 8.11. The highest BCUT2D eigenvalue weighted by molar-refractivity contribution is 9.10. The van der Waals surface area contributed by atoms with Gasteiger partial charge in [-0.2, -0.15) is 0 Å². The first-order valence-corrected chi connectivity index (χ1v) is 6.14. The zero-order valence-corrected chi connectivity index (χ0v) is 10.9. The highest BCUT2D eigenvalue weighted by Crippen LogP contribution is 2.29. The molecule has 0 aliphatic carbocycles. The Bertz CT molecular complexity index is 522. The molecule has 0 saturated carbocycles. The van der Waals surface area contributed by atoms with Gasteiger partial charge in [0.15, 0.2) is 0 Å². The molecule has 1 atom stereocenters. The number of hydrogen-bond donors (Lipinski definition) is 1. The summed E-state index contributed by atoms with van der Waals surface area (Å²) in [6.45, 7) is 1.85. The van der Waals surface area contributed by atoms with Crippen LogP contribution in [0, 0.1) is 5.82 Å². The second-order valence-corrected chi connectivity index (χ2v) is 4.67. The highest BCUT2D eigenvalue weighted by Gasteiger charge is 2.13. The van der Waals surface area contributed by atoms with Gasteiger partial charge in [-0.1, -0.05) is 22.9 Å². The standard InChI is InChI=1S/C13H12BrFO2/c1-2-11(16)13-6-5-12(17-13)9-4-3-8(14)7-10(9)15/h3-7,11,16H,2H2,1H3. The number of furan rings is 1. The Kier molecular flexibility index (Phi) is 3.64. The predicted octanol–water partition coefficient (Wildman–Crippen LogP) is 4.29.